The minimum Gasteiger partial charge on any atom is -0.367 e. The molecule has 5 rings (SSSR count). The Balaban J connectivity index is 0.00000141. The average molecular weight is 509 g/mol. The lowest BCUT2D eigenvalue weighted by atomic mass is 9.95. The Morgan fingerprint density at radius 3 is 2.43 bits per heavy atom. The molecule has 7 heteroatoms. The van der Waals surface area contributed by atoms with E-state index in [4.69, 9.17) is 11.6 Å². The number of halogens is 2. The maximum absolute atomic E-state index is 14.8. The molecule has 0 spiro atoms. The highest BCUT2D eigenvalue weighted by Crippen LogP contribution is 2.32. The first-order valence-electron chi connectivity index (χ1n) is 11.9. The van der Waals surface area contributed by atoms with E-state index in [1.165, 1.54) is 51.1 Å². The largest absolute Gasteiger partial charge is 0.367 e. The van der Waals surface area contributed by atoms with Crippen molar-refractivity contribution in [2.75, 3.05) is 17.1 Å². The van der Waals surface area contributed by atoms with Crippen LogP contribution in [0, 0.1) is 5.82 Å². The summed E-state index contributed by atoms with van der Waals surface area (Å²) in [6.45, 7) is 0. The topological polar surface area (TPSA) is 63.0 Å². The number of fused-ring (bicyclic) bond motifs is 1. The van der Waals surface area contributed by atoms with Crippen LogP contribution in [0.2, 0.25) is 5.02 Å². The van der Waals surface area contributed by atoms with Crippen molar-refractivity contribution in [3.8, 4) is 11.1 Å². The Bertz CT molecular complexity index is 1280. The fourth-order valence-corrected chi connectivity index (χ4v) is 5.22. The van der Waals surface area contributed by atoms with Gasteiger partial charge in [0.25, 0.3) is 0 Å². The van der Waals surface area contributed by atoms with E-state index in [9.17, 15) is 4.39 Å². The molecule has 182 valence electrons. The maximum Gasteiger partial charge on any atom is 0.147 e. The summed E-state index contributed by atoms with van der Waals surface area (Å²) in [6, 6.07) is 21.5. The van der Waals surface area contributed by atoms with Crippen molar-refractivity contribution >= 4 is 45.8 Å². The van der Waals surface area contributed by atoms with Gasteiger partial charge in [0.05, 0.1) is 10.7 Å². The number of rotatable bonds is 6. The third-order valence-electron chi connectivity index (χ3n) is 6.09. The van der Waals surface area contributed by atoms with E-state index in [0.29, 0.717) is 16.8 Å². The average Bonchev–Trinajstić information content (AvgIpc) is 2.90. The summed E-state index contributed by atoms with van der Waals surface area (Å²) in [5.41, 5.74) is 6.71. The fraction of sp³-hybridized carbons (Fsp3) is 0.250. The van der Waals surface area contributed by atoms with Crippen molar-refractivity contribution in [2.24, 2.45) is 5.73 Å². The van der Waals surface area contributed by atoms with Crippen LogP contribution >= 0.6 is 23.5 Å². The molecule has 0 saturated heterocycles. The Morgan fingerprint density at radius 1 is 0.914 bits per heavy atom. The molecular formula is C28H30ClFN4S. The highest BCUT2D eigenvalue weighted by molar-refractivity contribution is 8.00. The third kappa shape index (κ3) is 6.45. The van der Waals surface area contributed by atoms with Crippen LogP contribution in [0.3, 0.4) is 0 Å². The number of nitrogens with one attached hydrogen (secondary N) is 2. The van der Waals surface area contributed by atoms with E-state index >= 15 is 0 Å². The van der Waals surface area contributed by atoms with Crippen LogP contribution in [0.5, 0.6) is 0 Å². The molecule has 1 heterocycles. The van der Waals surface area contributed by atoms with Gasteiger partial charge in [0, 0.05) is 22.5 Å². The van der Waals surface area contributed by atoms with Gasteiger partial charge in [-0.05, 0) is 84.7 Å². The van der Waals surface area contributed by atoms with Gasteiger partial charge in [0.1, 0.15) is 11.6 Å². The van der Waals surface area contributed by atoms with Gasteiger partial charge in [-0.1, -0.05) is 61.2 Å². The van der Waals surface area contributed by atoms with Crippen LogP contribution in [-0.2, 0) is 0 Å². The molecule has 4 aromatic rings. The number of benzene rings is 3. The van der Waals surface area contributed by atoms with Gasteiger partial charge < -0.3 is 15.8 Å². The molecule has 1 aliphatic rings. The lowest BCUT2D eigenvalue weighted by Gasteiger charge is -2.23. The first-order valence-corrected chi connectivity index (χ1v) is 13.1. The monoisotopic (exact) mass is 508 g/mol. The lowest BCUT2D eigenvalue weighted by molar-refractivity contribution is 0.462. The smallest absolute Gasteiger partial charge is 0.147 e. The standard InChI is InChI=1S/C27H25ClFN3S.CH5N/c28-23-8-4-5-9-26(23)33-32-25-13-12-19(15-24(25)29)18-10-11-20-16-27(30-17-21(20)14-18)31-22-6-2-1-3-7-22;1-2/h4-5,8-17,22,32H,1-3,6-7H2,(H,30,31);2H2,1H3. The lowest BCUT2D eigenvalue weighted by Crippen LogP contribution is -2.22. The first kappa shape index (κ1) is 25.3. The number of hydrogen-bond acceptors (Lipinski definition) is 5. The van der Waals surface area contributed by atoms with Gasteiger partial charge in [0.15, 0.2) is 0 Å². The number of aromatic nitrogens is 1. The van der Waals surface area contributed by atoms with Crippen molar-refractivity contribution < 1.29 is 4.39 Å². The summed E-state index contributed by atoms with van der Waals surface area (Å²) in [5.74, 6) is 0.622. The SMILES string of the molecule is CN.Fc1cc(-c2ccc3cc(NC4CCCCC4)ncc3c2)ccc1NSc1ccccc1Cl. The minimum absolute atomic E-state index is 0.308. The Kier molecular flexibility index (Phi) is 8.85. The van der Waals surface area contributed by atoms with E-state index in [2.05, 4.69) is 39.0 Å². The molecule has 1 aromatic heterocycles. The number of anilines is 2. The summed E-state index contributed by atoms with van der Waals surface area (Å²) in [7, 11) is 1.50. The van der Waals surface area contributed by atoms with E-state index < -0.39 is 0 Å². The van der Waals surface area contributed by atoms with E-state index in [1.54, 1.807) is 12.1 Å². The molecule has 0 radical (unpaired) electrons. The number of pyridine rings is 1. The summed E-state index contributed by atoms with van der Waals surface area (Å²) in [4.78, 5) is 5.47. The maximum atomic E-state index is 14.8. The molecule has 3 aromatic carbocycles. The predicted molar refractivity (Wildman–Crippen MR) is 149 cm³/mol. The quantitative estimate of drug-likeness (QED) is 0.229. The van der Waals surface area contributed by atoms with Crippen LogP contribution < -0.4 is 15.8 Å². The van der Waals surface area contributed by atoms with Crippen molar-refractivity contribution in [1.82, 2.24) is 4.98 Å². The van der Waals surface area contributed by atoms with Crippen LogP contribution in [-0.4, -0.2) is 18.1 Å². The van der Waals surface area contributed by atoms with Crippen LogP contribution in [0.4, 0.5) is 15.9 Å². The fourth-order valence-electron chi connectivity index (χ4n) is 4.27. The zero-order valence-electron chi connectivity index (χ0n) is 19.7. The van der Waals surface area contributed by atoms with Gasteiger partial charge in [-0.2, -0.15) is 0 Å². The summed E-state index contributed by atoms with van der Waals surface area (Å²) < 4.78 is 17.9. The Labute approximate surface area is 215 Å². The highest BCUT2D eigenvalue weighted by Gasteiger charge is 2.14. The molecular weight excluding hydrogens is 479 g/mol. The molecule has 0 amide bonds. The normalized spacial score (nSPS) is 13.7. The molecule has 0 unspecified atom stereocenters. The summed E-state index contributed by atoms with van der Waals surface area (Å²) >= 11 is 7.47. The molecule has 1 saturated carbocycles. The van der Waals surface area contributed by atoms with Gasteiger partial charge in [-0.25, -0.2) is 9.37 Å². The van der Waals surface area contributed by atoms with Crippen molar-refractivity contribution in [3.63, 3.8) is 0 Å². The van der Waals surface area contributed by atoms with Crippen molar-refractivity contribution in [3.05, 3.63) is 83.8 Å². The van der Waals surface area contributed by atoms with Crippen molar-refractivity contribution in [1.29, 1.82) is 0 Å². The number of hydrogen-bond donors (Lipinski definition) is 3. The number of nitrogens with two attached hydrogens (primary N) is 1. The third-order valence-corrected chi connectivity index (χ3v) is 7.43. The number of nitrogens with zero attached hydrogens (tertiary/aromatic N) is 1. The first-order chi connectivity index (χ1) is 17.2. The molecule has 1 fully saturated rings. The second kappa shape index (κ2) is 12.2. The second-order valence-electron chi connectivity index (χ2n) is 8.44. The second-order valence-corrected chi connectivity index (χ2v) is 9.70. The molecule has 35 heavy (non-hydrogen) atoms. The molecule has 4 nitrogen and oxygen atoms in total. The molecule has 0 aliphatic heterocycles. The summed E-state index contributed by atoms with van der Waals surface area (Å²) in [6.07, 6.45) is 8.24. The molecule has 0 bridgehead atoms. The highest BCUT2D eigenvalue weighted by atomic mass is 35.5. The summed E-state index contributed by atoms with van der Waals surface area (Å²) in [5, 5.41) is 6.38. The van der Waals surface area contributed by atoms with Crippen LogP contribution in [0.1, 0.15) is 32.1 Å². The van der Waals surface area contributed by atoms with Crippen LogP contribution in [0.15, 0.2) is 77.8 Å². The van der Waals surface area contributed by atoms with Gasteiger partial charge >= 0.3 is 0 Å². The molecule has 4 N–H and O–H groups in total. The van der Waals surface area contributed by atoms with E-state index in [1.807, 2.05) is 42.6 Å². The van der Waals surface area contributed by atoms with Gasteiger partial charge in [-0.15, -0.1) is 0 Å². The zero-order chi connectivity index (χ0) is 24.6. The molecule has 0 atom stereocenters. The predicted octanol–water partition coefficient (Wildman–Crippen LogP) is 8.13. The van der Waals surface area contributed by atoms with E-state index in [0.717, 1.165) is 32.6 Å². The van der Waals surface area contributed by atoms with Gasteiger partial charge in [-0.3, -0.25) is 0 Å². The Morgan fingerprint density at radius 2 is 1.66 bits per heavy atom. The minimum atomic E-state index is -0.308. The van der Waals surface area contributed by atoms with E-state index in [-0.39, 0.29) is 5.82 Å². The zero-order valence-corrected chi connectivity index (χ0v) is 21.3. The van der Waals surface area contributed by atoms with Crippen molar-refractivity contribution in [2.45, 2.75) is 43.0 Å². The van der Waals surface area contributed by atoms with Gasteiger partial charge in [0.2, 0.25) is 0 Å². The molecule has 1 aliphatic carbocycles. The Hall–Kier alpha value is -2.80. The van der Waals surface area contributed by atoms with Crippen LogP contribution in [0.25, 0.3) is 21.9 Å².